The van der Waals surface area contributed by atoms with E-state index < -0.39 is 0 Å². The van der Waals surface area contributed by atoms with Gasteiger partial charge in [-0.3, -0.25) is 9.59 Å². The highest BCUT2D eigenvalue weighted by Gasteiger charge is 2.21. The molecule has 5 heteroatoms. The molecule has 0 radical (unpaired) electrons. The molecule has 0 aliphatic carbocycles. The van der Waals surface area contributed by atoms with Crippen molar-refractivity contribution in [2.45, 2.75) is 25.1 Å². The van der Waals surface area contributed by atoms with E-state index >= 15 is 0 Å². The first-order chi connectivity index (χ1) is 6.22. The molecule has 1 rings (SSSR count). The Kier molecular flexibility index (Phi) is 4.08. The number of rotatable bonds is 4. The molecule has 1 saturated heterocycles. The third-order valence-electron chi connectivity index (χ3n) is 1.66. The second-order valence-electron chi connectivity index (χ2n) is 2.71. The van der Waals surface area contributed by atoms with E-state index in [4.69, 9.17) is 4.74 Å². The van der Waals surface area contributed by atoms with Crippen molar-refractivity contribution in [1.29, 1.82) is 0 Å². The quantitative estimate of drug-likeness (QED) is 0.677. The Morgan fingerprint density at radius 2 is 2.54 bits per heavy atom. The molecule has 0 spiro atoms. The number of amides is 1. The van der Waals surface area contributed by atoms with E-state index in [0.29, 0.717) is 18.8 Å². The summed E-state index contributed by atoms with van der Waals surface area (Å²) in [7, 11) is 0. The second-order valence-corrected chi connectivity index (χ2v) is 3.90. The van der Waals surface area contributed by atoms with Crippen molar-refractivity contribution < 1.29 is 14.3 Å². The Morgan fingerprint density at radius 3 is 3.08 bits per heavy atom. The van der Waals surface area contributed by atoms with Crippen LogP contribution in [0.5, 0.6) is 0 Å². The lowest BCUT2D eigenvalue weighted by molar-refractivity contribution is -0.139. The highest BCUT2D eigenvalue weighted by atomic mass is 32.2. The molecule has 0 saturated carbocycles. The molecule has 0 bridgehead atoms. The van der Waals surface area contributed by atoms with Crippen LogP contribution in [0, 0.1) is 0 Å². The van der Waals surface area contributed by atoms with Gasteiger partial charge in [0.1, 0.15) is 0 Å². The summed E-state index contributed by atoms with van der Waals surface area (Å²) >= 11 is 1.43. The van der Waals surface area contributed by atoms with Crippen molar-refractivity contribution in [2.24, 2.45) is 0 Å². The van der Waals surface area contributed by atoms with Gasteiger partial charge >= 0.3 is 5.97 Å². The summed E-state index contributed by atoms with van der Waals surface area (Å²) < 4.78 is 4.76. The van der Waals surface area contributed by atoms with Crippen molar-refractivity contribution >= 4 is 23.6 Å². The molecule has 0 unspecified atom stereocenters. The van der Waals surface area contributed by atoms with E-state index in [-0.39, 0.29) is 17.3 Å². The number of thioether (sulfide) groups is 1. The summed E-state index contributed by atoms with van der Waals surface area (Å²) in [5, 5.41) is 2.86. The number of nitrogens with one attached hydrogen (secondary N) is 1. The van der Waals surface area contributed by atoms with E-state index in [1.165, 1.54) is 11.8 Å². The minimum Gasteiger partial charge on any atom is -0.465 e. The number of hydrogen-bond acceptors (Lipinski definition) is 4. The standard InChI is InChI=1S/C8H13NO3S/c1-2-12-8(11)5-13-7-4-3-6(10)9-7/h7H,2-5H2,1H3,(H,9,10)/t7-/m0/s1. The van der Waals surface area contributed by atoms with E-state index in [9.17, 15) is 9.59 Å². The maximum atomic E-state index is 10.9. The van der Waals surface area contributed by atoms with Gasteiger partial charge in [0.15, 0.2) is 0 Å². The number of ether oxygens (including phenoxy) is 1. The first-order valence-corrected chi connectivity index (χ1v) is 5.34. The van der Waals surface area contributed by atoms with Gasteiger partial charge in [0, 0.05) is 6.42 Å². The van der Waals surface area contributed by atoms with Gasteiger partial charge in [0.05, 0.1) is 17.7 Å². The lowest BCUT2D eigenvalue weighted by Gasteiger charge is -2.08. The van der Waals surface area contributed by atoms with E-state index in [1.807, 2.05) is 0 Å². The van der Waals surface area contributed by atoms with Crippen LogP contribution in [0.25, 0.3) is 0 Å². The Labute approximate surface area is 81.4 Å². The SMILES string of the molecule is CCOC(=O)CS[C@H]1CCC(=O)N1. The largest absolute Gasteiger partial charge is 0.465 e. The van der Waals surface area contributed by atoms with Gasteiger partial charge in [0.2, 0.25) is 5.91 Å². The van der Waals surface area contributed by atoms with E-state index in [0.717, 1.165) is 6.42 Å². The molecule has 1 N–H and O–H groups in total. The van der Waals surface area contributed by atoms with Crippen LogP contribution in [0.15, 0.2) is 0 Å². The molecule has 13 heavy (non-hydrogen) atoms. The van der Waals surface area contributed by atoms with Gasteiger partial charge in [-0.25, -0.2) is 0 Å². The summed E-state index contributed by atoms with van der Waals surface area (Å²) in [5.74, 6) is 0.175. The molecule has 1 fully saturated rings. The summed E-state index contributed by atoms with van der Waals surface area (Å²) in [4.78, 5) is 21.7. The van der Waals surface area contributed by atoms with Crippen LogP contribution >= 0.6 is 11.8 Å². The van der Waals surface area contributed by atoms with Crippen LogP contribution in [-0.4, -0.2) is 29.6 Å². The first-order valence-electron chi connectivity index (χ1n) is 4.29. The van der Waals surface area contributed by atoms with Crippen LogP contribution in [-0.2, 0) is 14.3 Å². The fourth-order valence-electron chi connectivity index (χ4n) is 1.08. The van der Waals surface area contributed by atoms with Crippen LogP contribution in [0.1, 0.15) is 19.8 Å². The third kappa shape index (κ3) is 3.67. The Hall–Kier alpha value is -0.710. The molecular formula is C8H13NO3S. The average molecular weight is 203 g/mol. The lowest BCUT2D eigenvalue weighted by Crippen LogP contribution is -2.23. The van der Waals surface area contributed by atoms with Gasteiger partial charge in [-0.05, 0) is 13.3 Å². The summed E-state index contributed by atoms with van der Waals surface area (Å²) in [5.41, 5.74) is 0. The van der Waals surface area contributed by atoms with Crippen molar-refractivity contribution in [3.8, 4) is 0 Å². The van der Waals surface area contributed by atoms with Crippen molar-refractivity contribution in [3.63, 3.8) is 0 Å². The van der Waals surface area contributed by atoms with Crippen molar-refractivity contribution in [1.82, 2.24) is 5.32 Å². The van der Waals surface area contributed by atoms with E-state index in [2.05, 4.69) is 5.32 Å². The first kappa shape index (κ1) is 10.4. The van der Waals surface area contributed by atoms with Crippen LogP contribution in [0.2, 0.25) is 0 Å². The fraction of sp³-hybridized carbons (Fsp3) is 0.750. The Balaban J connectivity index is 2.12. The number of carbonyl (C=O) groups excluding carboxylic acids is 2. The molecule has 1 aliphatic heterocycles. The van der Waals surface area contributed by atoms with Crippen molar-refractivity contribution in [2.75, 3.05) is 12.4 Å². The zero-order chi connectivity index (χ0) is 9.68. The molecule has 0 aromatic rings. The highest BCUT2D eigenvalue weighted by Crippen LogP contribution is 2.18. The predicted octanol–water partition coefficient (Wildman–Crippen LogP) is 0.519. The summed E-state index contributed by atoms with van der Waals surface area (Å²) in [6.45, 7) is 2.19. The third-order valence-corrected chi connectivity index (χ3v) is 2.82. The maximum Gasteiger partial charge on any atom is 0.315 e. The van der Waals surface area contributed by atoms with Gasteiger partial charge in [-0.2, -0.15) is 0 Å². The van der Waals surface area contributed by atoms with E-state index in [1.54, 1.807) is 6.92 Å². The zero-order valence-corrected chi connectivity index (χ0v) is 8.36. The molecule has 0 aromatic carbocycles. The smallest absolute Gasteiger partial charge is 0.315 e. The highest BCUT2D eigenvalue weighted by molar-refractivity contribution is 8.00. The molecule has 1 atom stereocenters. The van der Waals surface area contributed by atoms with Gasteiger partial charge in [-0.1, -0.05) is 0 Å². The minimum absolute atomic E-state index is 0.0707. The molecule has 1 heterocycles. The zero-order valence-electron chi connectivity index (χ0n) is 7.54. The maximum absolute atomic E-state index is 10.9. The molecule has 0 aromatic heterocycles. The second kappa shape index (κ2) is 5.11. The van der Waals surface area contributed by atoms with Gasteiger partial charge in [0.25, 0.3) is 0 Å². The number of esters is 1. The van der Waals surface area contributed by atoms with Crippen LogP contribution < -0.4 is 5.32 Å². The Morgan fingerprint density at radius 1 is 1.77 bits per heavy atom. The summed E-state index contributed by atoms with van der Waals surface area (Å²) in [6, 6.07) is 0. The molecular weight excluding hydrogens is 190 g/mol. The minimum atomic E-state index is -0.214. The van der Waals surface area contributed by atoms with Crippen LogP contribution in [0.3, 0.4) is 0 Å². The topological polar surface area (TPSA) is 55.4 Å². The average Bonchev–Trinajstić information content (AvgIpc) is 2.49. The van der Waals surface area contributed by atoms with Crippen molar-refractivity contribution in [3.05, 3.63) is 0 Å². The monoisotopic (exact) mass is 203 g/mol. The Bertz CT molecular complexity index is 208. The summed E-state index contributed by atoms with van der Waals surface area (Å²) in [6.07, 6.45) is 1.38. The van der Waals surface area contributed by atoms with Crippen LogP contribution in [0.4, 0.5) is 0 Å². The van der Waals surface area contributed by atoms with Gasteiger partial charge in [-0.15, -0.1) is 11.8 Å². The lowest BCUT2D eigenvalue weighted by atomic mass is 10.4. The molecule has 74 valence electrons. The molecule has 1 amide bonds. The normalized spacial score (nSPS) is 21.3. The number of hydrogen-bond donors (Lipinski definition) is 1. The molecule has 4 nitrogen and oxygen atoms in total. The predicted molar refractivity (Wildman–Crippen MR) is 50.3 cm³/mol. The molecule has 1 aliphatic rings. The number of carbonyl (C=O) groups is 2. The fourth-order valence-corrected chi connectivity index (χ4v) is 2.00. The van der Waals surface area contributed by atoms with Gasteiger partial charge < -0.3 is 10.1 Å².